The predicted octanol–water partition coefficient (Wildman–Crippen LogP) is 6.02. The number of carbonyl (C=O) groups excluding carboxylic acids is 1. The highest BCUT2D eigenvalue weighted by Crippen LogP contribution is 2.36. The van der Waals surface area contributed by atoms with Gasteiger partial charge in [-0.1, -0.05) is 50.2 Å². The summed E-state index contributed by atoms with van der Waals surface area (Å²) in [5.74, 6) is 0.926. The van der Waals surface area contributed by atoms with Crippen molar-refractivity contribution in [2.45, 2.75) is 44.1 Å². The highest BCUT2D eigenvalue weighted by molar-refractivity contribution is 7.99. The molecule has 0 fully saturated rings. The summed E-state index contributed by atoms with van der Waals surface area (Å²) in [6.07, 6.45) is 2.21. The molecule has 5 heteroatoms. The van der Waals surface area contributed by atoms with Gasteiger partial charge in [0.2, 0.25) is 5.91 Å². The monoisotopic (exact) mass is 427 g/mol. The first-order valence-electron chi connectivity index (χ1n) is 10.6. The summed E-state index contributed by atoms with van der Waals surface area (Å²) < 4.78 is 0. The van der Waals surface area contributed by atoms with Crippen LogP contribution in [0.2, 0.25) is 0 Å². The van der Waals surface area contributed by atoms with Crippen LogP contribution < -0.4 is 4.90 Å². The van der Waals surface area contributed by atoms with E-state index in [9.17, 15) is 10.1 Å². The maximum atomic E-state index is 13.4. The number of benzene rings is 2. The van der Waals surface area contributed by atoms with Gasteiger partial charge in [0.05, 0.1) is 16.9 Å². The minimum atomic E-state index is 0.0628. The molecule has 0 radical (unpaired) electrons. The van der Waals surface area contributed by atoms with Crippen molar-refractivity contribution in [2.75, 3.05) is 10.7 Å². The van der Waals surface area contributed by atoms with Crippen LogP contribution in [0.5, 0.6) is 0 Å². The molecule has 4 nitrogen and oxygen atoms in total. The summed E-state index contributed by atoms with van der Waals surface area (Å²) in [7, 11) is 0. The number of nitrogens with zero attached hydrogens (tertiary/aromatic N) is 3. The fourth-order valence-electron chi connectivity index (χ4n) is 3.87. The first-order chi connectivity index (χ1) is 15.1. The number of amides is 1. The molecular weight excluding hydrogens is 402 g/mol. The largest absolute Gasteiger partial charge is 0.280 e. The minimum absolute atomic E-state index is 0.0628. The van der Waals surface area contributed by atoms with Gasteiger partial charge in [0.15, 0.2) is 0 Å². The van der Waals surface area contributed by atoms with E-state index in [1.807, 2.05) is 53.4 Å². The number of nitriles is 1. The zero-order valence-corrected chi connectivity index (χ0v) is 18.7. The molecule has 1 amide bonds. The number of rotatable bonds is 5. The number of aromatic nitrogens is 1. The molecule has 1 aliphatic heterocycles. The van der Waals surface area contributed by atoms with Gasteiger partial charge in [0.1, 0.15) is 11.1 Å². The van der Waals surface area contributed by atoms with Crippen LogP contribution in [0.15, 0.2) is 65.7 Å². The van der Waals surface area contributed by atoms with Gasteiger partial charge in [-0.2, -0.15) is 5.26 Å². The van der Waals surface area contributed by atoms with E-state index in [0.717, 1.165) is 29.9 Å². The Morgan fingerprint density at radius 3 is 2.23 bits per heavy atom. The van der Waals surface area contributed by atoms with Crippen LogP contribution in [0, 0.1) is 11.3 Å². The van der Waals surface area contributed by atoms with Gasteiger partial charge in [-0.15, -0.1) is 11.8 Å². The molecule has 2 aromatic carbocycles. The lowest BCUT2D eigenvalue weighted by atomic mass is 10.0. The maximum absolute atomic E-state index is 13.4. The van der Waals surface area contributed by atoms with Gasteiger partial charge in [0, 0.05) is 17.9 Å². The molecule has 4 rings (SSSR count). The Morgan fingerprint density at radius 2 is 1.65 bits per heavy atom. The van der Waals surface area contributed by atoms with E-state index in [2.05, 4.69) is 37.0 Å². The van der Waals surface area contributed by atoms with Gasteiger partial charge in [-0.05, 0) is 54.2 Å². The summed E-state index contributed by atoms with van der Waals surface area (Å²) in [6, 6.07) is 22.3. The molecule has 1 aliphatic rings. The van der Waals surface area contributed by atoms with E-state index in [1.54, 1.807) is 0 Å². The number of hydrogen-bond donors (Lipinski definition) is 0. The van der Waals surface area contributed by atoms with Gasteiger partial charge in [0.25, 0.3) is 0 Å². The Kier molecular flexibility index (Phi) is 6.39. The molecule has 3 aromatic rings. The molecule has 0 N–H and O–H groups in total. The highest BCUT2D eigenvalue weighted by atomic mass is 32.2. The number of aryl methyl sites for hydroxylation is 2. The first kappa shape index (κ1) is 21.1. The summed E-state index contributed by atoms with van der Waals surface area (Å²) in [5, 5.41) is 10.1. The van der Waals surface area contributed by atoms with Crippen molar-refractivity contribution in [1.29, 1.82) is 5.26 Å². The molecule has 0 aliphatic carbocycles. The topological polar surface area (TPSA) is 57.0 Å². The second-order valence-electron chi connectivity index (χ2n) is 7.94. The Bertz CT molecular complexity index is 1100. The number of hydrogen-bond acceptors (Lipinski definition) is 4. The molecule has 1 aromatic heterocycles. The van der Waals surface area contributed by atoms with Crippen LogP contribution in [-0.4, -0.2) is 16.6 Å². The standard InChI is InChI=1S/C26H25N3OS/c1-18(2)22-14-13-21(17-27)26(28-22)31-16-15-25(30)29-23-9-5-3-7-19(23)11-12-20-8-4-6-10-24(20)29/h3-10,13-14,18H,11-12,15-16H2,1-2H3. The SMILES string of the molecule is CC(C)c1ccc(C#N)c(SCCC(=O)N2c3ccccc3CCc3ccccc32)n1. The lowest BCUT2D eigenvalue weighted by Gasteiger charge is -2.25. The molecule has 2 heterocycles. The lowest BCUT2D eigenvalue weighted by molar-refractivity contribution is -0.117. The number of thioether (sulfide) groups is 1. The van der Waals surface area contributed by atoms with Crippen LogP contribution in [0.3, 0.4) is 0 Å². The highest BCUT2D eigenvalue weighted by Gasteiger charge is 2.25. The van der Waals surface area contributed by atoms with Crippen LogP contribution in [0.4, 0.5) is 11.4 Å². The minimum Gasteiger partial charge on any atom is -0.280 e. The molecule has 0 spiro atoms. The second kappa shape index (κ2) is 9.36. The quantitative estimate of drug-likeness (QED) is 0.467. The fourth-order valence-corrected chi connectivity index (χ4v) is 4.78. The average molecular weight is 428 g/mol. The van der Waals surface area contributed by atoms with Crippen LogP contribution >= 0.6 is 11.8 Å². The van der Waals surface area contributed by atoms with E-state index in [0.29, 0.717) is 28.7 Å². The Hall–Kier alpha value is -3.10. The summed E-state index contributed by atoms with van der Waals surface area (Å²) in [5.41, 5.74) is 5.85. The van der Waals surface area contributed by atoms with Crippen molar-refractivity contribution in [3.63, 3.8) is 0 Å². The molecule has 0 atom stereocenters. The van der Waals surface area contributed by atoms with E-state index in [4.69, 9.17) is 0 Å². The molecule has 0 unspecified atom stereocenters. The fraction of sp³-hybridized carbons (Fsp3) is 0.269. The van der Waals surface area contributed by atoms with Crippen molar-refractivity contribution in [2.24, 2.45) is 0 Å². The first-order valence-corrected chi connectivity index (χ1v) is 11.6. The maximum Gasteiger partial charge on any atom is 0.232 e. The third kappa shape index (κ3) is 4.50. The van der Waals surface area contributed by atoms with Crippen LogP contribution in [0.1, 0.15) is 48.6 Å². The second-order valence-corrected chi connectivity index (χ2v) is 9.02. The van der Waals surface area contributed by atoms with Gasteiger partial charge >= 0.3 is 0 Å². The Labute approximate surface area is 187 Å². The number of carbonyl (C=O) groups is 1. The molecule has 0 saturated carbocycles. The van der Waals surface area contributed by atoms with E-state index >= 15 is 0 Å². The lowest BCUT2D eigenvalue weighted by Crippen LogP contribution is -2.27. The molecule has 0 bridgehead atoms. The third-order valence-electron chi connectivity index (χ3n) is 5.53. The number of para-hydroxylation sites is 2. The molecular formula is C26H25N3OS. The number of pyridine rings is 1. The Balaban J connectivity index is 1.56. The third-order valence-corrected chi connectivity index (χ3v) is 6.52. The van der Waals surface area contributed by atoms with Gasteiger partial charge < -0.3 is 0 Å². The summed E-state index contributed by atoms with van der Waals surface area (Å²) in [4.78, 5) is 20.0. The van der Waals surface area contributed by atoms with E-state index < -0.39 is 0 Å². The van der Waals surface area contributed by atoms with Gasteiger partial charge in [-0.3, -0.25) is 9.69 Å². The van der Waals surface area contributed by atoms with Crippen molar-refractivity contribution < 1.29 is 4.79 Å². The number of fused-ring (bicyclic) bond motifs is 2. The van der Waals surface area contributed by atoms with E-state index in [-0.39, 0.29) is 5.91 Å². The average Bonchev–Trinajstić information content (AvgIpc) is 2.96. The zero-order chi connectivity index (χ0) is 21.8. The van der Waals surface area contributed by atoms with E-state index in [1.165, 1.54) is 22.9 Å². The number of anilines is 2. The van der Waals surface area contributed by atoms with Crippen molar-refractivity contribution >= 4 is 29.0 Å². The zero-order valence-electron chi connectivity index (χ0n) is 17.8. The normalized spacial score (nSPS) is 12.6. The van der Waals surface area contributed by atoms with Crippen LogP contribution in [-0.2, 0) is 17.6 Å². The molecule has 0 saturated heterocycles. The van der Waals surface area contributed by atoms with Crippen molar-refractivity contribution in [1.82, 2.24) is 4.98 Å². The van der Waals surface area contributed by atoms with Crippen molar-refractivity contribution in [3.8, 4) is 6.07 Å². The molecule has 156 valence electrons. The van der Waals surface area contributed by atoms with Gasteiger partial charge in [-0.25, -0.2) is 4.98 Å². The Morgan fingerprint density at radius 1 is 1.03 bits per heavy atom. The smallest absolute Gasteiger partial charge is 0.232 e. The van der Waals surface area contributed by atoms with Crippen LogP contribution in [0.25, 0.3) is 0 Å². The predicted molar refractivity (Wildman–Crippen MR) is 126 cm³/mol. The van der Waals surface area contributed by atoms with Crippen molar-refractivity contribution in [3.05, 3.63) is 83.0 Å². The summed E-state index contributed by atoms with van der Waals surface area (Å²) in [6.45, 7) is 4.17. The molecule has 31 heavy (non-hydrogen) atoms. The summed E-state index contributed by atoms with van der Waals surface area (Å²) >= 11 is 1.48.